The molecule has 6 aliphatic rings. The summed E-state index contributed by atoms with van der Waals surface area (Å²) in [6.45, 7) is 15.0. The molecular formula is C35H50O4Si. The Labute approximate surface area is 242 Å². The van der Waals surface area contributed by atoms with Crippen LogP contribution in [0.4, 0.5) is 0 Å². The first kappa shape index (κ1) is 27.7. The zero-order valence-corrected chi connectivity index (χ0v) is 26.6. The second-order valence-electron chi connectivity index (χ2n) is 16.9. The highest BCUT2D eigenvalue weighted by Gasteiger charge is 2.72. The zero-order chi connectivity index (χ0) is 28.3. The van der Waals surface area contributed by atoms with Crippen molar-refractivity contribution in [3.63, 3.8) is 0 Å². The van der Waals surface area contributed by atoms with Crippen molar-refractivity contribution in [3.05, 3.63) is 34.9 Å². The number of aliphatic hydroxyl groups is 2. The molecule has 8 atom stereocenters. The summed E-state index contributed by atoms with van der Waals surface area (Å²) in [6.07, 6.45) is 8.02. The van der Waals surface area contributed by atoms with Gasteiger partial charge in [0.2, 0.25) is 0 Å². The van der Waals surface area contributed by atoms with Crippen LogP contribution in [0.1, 0.15) is 94.7 Å². The summed E-state index contributed by atoms with van der Waals surface area (Å²) in [4.78, 5) is 0. The molecular weight excluding hydrogens is 512 g/mol. The molecule has 0 bridgehead atoms. The Morgan fingerprint density at radius 2 is 1.73 bits per heavy atom. The second kappa shape index (κ2) is 8.70. The minimum Gasteiger partial charge on any atom is -0.393 e. The molecule has 218 valence electrons. The number of ether oxygens (including phenoxy) is 2. The Bertz CT molecular complexity index is 1260. The van der Waals surface area contributed by atoms with Crippen molar-refractivity contribution in [2.24, 2.45) is 34.0 Å². The van der Waals surface area contributed by atoms with E-state index in [9.17, 15) is 10.2 Å². The highest BCUT2D eigenvalue weighted by molar-refractivity contribution is 6.83. The smallest absolute Gasteiger partial charge is 0.171 e. The quantitative estimate of drug-likeness (QED) is 0.283. The van der Waals surface area contributed by atoms with E-state index in [0.29, 0.717) is 43.3 Å². The normalized spacial score (nSPS) is 44.5. The van der Waals surface area contributed by atoms with E-state index in [1.54, 1.807) is 0 Å². The van der Waals surface area contributed by atoms with Crippen LogP contribution in [0.2, 0.25) is 19.6 Å². The van der Waals surface area contributed by atoms with Gasteiger partial charge in [0.15, 0.2) is 5.79 Å². The molecule has 5 aliphatic carbocycles. The lowest BCUT2D eigenvalue weighted by Gasteiger charge is -2.70. The SMILES string of the molecule is CC1(C)COC2(CC[C@@]34Cc5cc(C#C[Si](C)(C)C)ccc5C5C[C@]6(C)[C@@H](O)CC[C@H]6[C@H](CC[C@@]3(O)C2)C54)OC1. The van der Waals surface area contributed by atoms with E-state index in [0.717, 1.165) is 56.9 Å². The molecule has 2 N–H and O–H groups in total. The summed E-state index contributed by atoms with van der Waals surface area (Å²) in [6, 6.07) is 6.98. The maximum Gasteiger partial charge on any atom is 0.171 e. The molecule has 1 aliphatic heterocycles. The molecule has 1 aromatic carbocycles. The average molecular weight is 563 g/mol. The first-order valence-corrected chi connectivity index (χ1v) is 19.5. The third-order valence-electron chi connectivity index (χ3n) is 12.5. The molecule has 4 nitrogen and oxygen atoms in total. The van der Waals surface area contributed by atoms with Gasteiger partial charge in [0.05, 0.1) is 24.9 Å². The Kier molecular flexibility index (Phi) is 6.01. The van der Waals surface area contributed by atoms with Gasteiger partial charge < -0.3 is 19.7 Å². The molecule has 40 heavy (non-hydrogen) atoms. The van der Waals surface area contributed by atoms with Crippen LogP contribution in [0.15, 0.2) is 18.2 Å². The third kappa shape index (κ3) is 3.99. The van der Waals surface area contributed by atoms with Crippen LogP contribution >= 0.6 is 0 Å². The summed E-state index contributed by atoms with van der Waals surface area (Å²) in [7, 11) is -1.49. The van der Waals surface area contributed by atoms with Gasteiger partial charge in [0.25, 0.3) is 0 Å². The largest absolute Gasteiger partial charge is 0.393 e. The molecule has 1 saturated heterocycles. The summed E-state index contributed by atoms with van der Waals surface area (Å²) < 4.78 is 13.1. The van der Waals surface area contributed by atoms with E-state index in [1.807, 2.05) is 0 Å². The van der Waals surface area contributed by atoms with Crippen LogP contribution in [0.3, 0.4) is 0 Å². The van der Waals surface area contributed by atoms with Gasteiger partial charge in [-0.2, -0.15) is 0 Å². The van der Waals surface area contributed by atoms with E-state index in [2.05, 4.69) is 70.1 Å². The topological polar surface area (TPSA) is 58.9 Å². The molecule has 0 radical (unpaired) electrons. The molecule has 5 fully saturated rings. The molecule has 1 aromatic rings. The number of fused-ring (bicyclic) bond motifs is 4. The van der Waals surface area contributed by atoms with Crippen molar-refractivity contribution >= 4 is 8.07 Å². The monoisotopic (exact) mass is 562 g/mol. The molecule has 1 heterocycles. The first-order chi connectivity index (χ1) is 18.7. The van der Waals surface area contributed by atoms with E-state index in [1.165, 1.54) is 11.1 Å². The highest BCUT2D eigenvalue weighted by atomic mass is 28.3. The molecule has 7 rings (SSSR count). The van der Waals surface area contributed by atoms with Gasteiger partial charge in [-0.15, -0.1) is 5.54 Å². The zero-order valence-electron chi connectivity index (χ0n) is 25.6. The van der Waals surface area contributed by atoms with Crippen molar-refractivity contribution in [2.45, 2.75) is 122 Å². The van der Waals surface area contributed by atoms with Crippen LogP contribution in [0.5, 0.6) is 0 Å². The van der Waals surface area contributed by atoms with Crippen LogP contribution in [0.25, 0.3) is 0 Å². The van der Waals surface area contributed by atoms with Crippen molar-refractivity contribution in [1.29, 1.82) is 0 Å². The Balaban J connectivity index is 1.33. The highest BCUT2D eigenvalue weighted by Crippen LogP contribution is 2.74. The fourth-order valence-corrected chi connectivity index (χ4v) is 11.1. The lowest BCUT2D eigenvalue weighted by Crippen LogP contribution is -2.70. The molecule has 5 heteroatoms. The standard InChI is InChI=1S/C35H50O4Si/c1-31(2)21-38-35(39-22-31)15-14-33-18-24-17-23(12-16-40(4,5)6)7-8-25(24)27-19-32(3)28(9-10-29(32)36)26(30(27)33)11-13-34(33,37)20-35/h7-8,17,26-30,36-37H,9-11,13-15,18-22H2,1-6H3/t26-,27?,28-,29-,30?,32-,33-,34+/m0/s1. The van der Waals surface area contributed by atoms with Gasteiger partial charge in [-0.25, -0.2) is 0 Å². The number of hydrogen-bond acceptors (Lipinski definition) is 4. The third-order valence-corrected chi connectivity index (χ3v) is 13.4. The fraction of sp³-hybridized carbons (Fsp3) is 0.771. The number of benzene rings is 1. The molecule has 4 saturated carbocycles. The lowest BCUT2D eigenvalue weighted by atomic mass is 9.37. The molecule has 0 amide bonds. The van der Waals surface area contributed by atoms with Crippen LogP contribution in [-0.2, 0) is 15.9 Å². The first-order valence-electron chi connectivity index (χ1n) is 16.0. The van der Waals surface area contributed by atoms with Crippen molar-refractivity contribution < 1.29 is 19.7 Å². The van der Waals surface area contributed by atoms with Crippen LogP contribution in [-0.4, -0.2) is 49.0 Å². The average Bonchev–Trinajstić information content (AvgIpc) is 3.18. The van der Waals surface area contributed by atoms with Crippen molar-refractivity contribution in [2.75, 3.05) is 13.2 Å². The maximum atomic E-state index is 12.9. The van der Waals surface area contributed by atoms with Gasteiger partial charge in [-0.3, -0.25) is 0 Å². The lowest BCUT2D eigenvalue weighted by molar-refractivity contribution is -0.357. The number of rotatable bonds is 0. The van der Waals surface area contributed by atoms with Gasteiger partial charge in [-0.05, 0) is 97.3 Å². The Morgan fingerprint density at radius 3 is 2.45 bits per heavy atom. The van der Waals surface area contributed by atoms with E-state index in [-0.39, 0.29) is 22.3 Å². The van der Waals surface area contributed by atoms with Gasteiger partial charge >= 0.3 is 0 Å². The minimum atomic E-state index is -1.49. The number of hydrogen-bond donors (Lipinski definition) is 2. The van der Waals surface area contributed by atoms with Crippen molar-refractivity contribution in [3.8, 4) is 11.5 Å². The molecule has 2 spiro atoms. The van der Waals surface area contributed by atoms with Crippen LogP contribution in [0, 0.1) is 45.5 Å². The summed E-state index contributed by atoms with van der Waals surface area (Å²) in [5.41, 5.74) is 6.52. The Hall–Kier alpha value is -1.16. The van der Waals surface area contributed by atoms with Gasteiger partial charge in [0.1, 0.15) is 8.07 Å². The van der Waals surface area contributed by atoms with Crippen LogP contribution < -0.4 is 0 Å². The number of aliphatic hydroxyl groups excluding tert-OH is 1. The Morgan fingerprint density at radius 1 is 0.975 bits per heavy atom. The predicted octanol–water partition coefficient (Wildman–Crippen LogP) is 6.43. The maximum absolute atomic E-state index is 12.9. The van der Waals surface area contributed by atoms with E-state index >= 15 is 0 Å². The van der Waals surface area contributed by atoms with E-state index < -0.39 is 19.5 Å². The molecule has 0 aromatic heterocycles. The summed E-state index contributed by atoms with van der Waals surface area (Å²) in [5.74, 6) is 4.78. The van der Waals surface area contributed by atoms with Gasteiger partial charge in [-0.1, -0.05) is 52.4 Å². The summed E-state index contributed by atoms with van der Waals surface area (Å²) in [5, 5.41) is 24.2. The van der Waals surface area contributed by atoms with E-state index in [4.69, 9.17) is 9.47 Å². The second-order valence-corrected chi connectivity index (χ2v) is 21.6. The van der Waals surface area contributed by atoms with Crippen molar-refractivity contribution in [1.82, 2.24) is 0 Å². The fourth-order valence-electron chi connectivity index (χ4n) is 10.6. The minimum absolute atomic E-state index is 0.0139. The van der Waals surface area contributed by atoms with Gasteiger partial charge in [0, 0.05) is 29.2 Å². The predicted molar refractivity (Wildman–Crippen MR) is 160 cm³/mol. The molecule has 2 unspecified atom stereocenters. The summed E-state index contributed by atoms with van der Waals surface area (Å²) >= 11 is 0.